The highest BCUT2D eigenvalue weighted by Gasteiger charge is 2.10. The van der Waals surface area contributed by atoms with Crippen LogP contribution in [0.15, 0.2) is 42.5 Å². The summed E-state index contributed by atoms with van der Waals surface area (Å²) in [5, 5.41) is 11.8. The summed E-state index contributed by atoms with van der Waals surface area (Å²) in [4.78, 5) is 10.3. The number of hydrogen-bond acceptors (Lipinski definition) is 3. The van der Waals surface area contributed by atoms with E-state index in [0.717, 1.165) is 22.6 Å². The molecule has 3 heteroatoms. The van der Waals surface area contributed by atoms with Gasteiger partial charge in [0, 0.05) is 5.39 Å². The van der Waals surface area contributed by atoms with E-state index in [0.29, 0.717) is 12.2 Å². The molecule has 18 heavy (non-hydrogen) atoms. The maximum absolute atomic E-state index is 10.3. The third-order valence-electron chi connectivity index (χ3n) is 2.84. The molecule has 1 N–H and O–H groups in total. The summed E-state index contributed by atoms with van der Waals surface area (Å²) in [5.74, 6) is 0.597. The van der Waals surface area contributed by atoms with E-state index in [1.165, 1.54) is 13.2 Å². The maximum Gasteiger partial charge on any atom is 0.165 e. The molecule has 0 aliphatic carbocycles. The largest absolute Gasteiger partial charge is 0.504 e. The molecular weight excluding hydrogens is 228 g/mol. The second-order valence-corrected chi connectivity index (χ2v) is 3.90. The Hall–Kier alpha value is -2.29. The first-order chi connectivity index (χ1) is 8.77. The van der Waals surface area contributed by atoms with Crippen molar-refractivity contribution in [3.63, 3.8) is 0 Å². The van der Waals surface area contributed by atoms with Crippen LogP contribution in [0.5, 0.6) is 11.5 Å². The van der Waals surface area contributed by atoms with E-state index in [9.17, 15) is 9.90 Å². The number of benzene rings is 2. The molecule has 0 heterocycles. The fourth-order valence-electron chi connectivity index (χ4n) is 1.98. The van der Waals surface area contributed by atoms with Crippen LogP contribution in [-0.4, -0.2) is 18.5 Å². The number of carbonyl (C=O) groups is 1. The molecular formula is C15H14O3. The Balaban J connectivity index is 2.60. The molecule has 0 bridgehead atoms. The molecule has 0 saturated carbocycles. The molecule has 0 radical (unpaired) electrons. The zero-order valence-electron chi connectivity index (χ0n) is 10.1. The molecule has 0 fully saturated rings. The molecule has 0 amide bonds. The Morgan fingerprint density at radius 3 is 2.67 bits per heavy atom. The van der Waals surface area contributed by atoms with Gasteiger partial charge in [0.1, 0.15) is 6.29 Å². The molecule has 0 unspecified atom stereocenters. The molecule has 2 rings (SSSR count). The minimum Gasteiger partial charge on any atom is -0.504 e. The van der Waals surface area contributed by atoms with Crippen LogP contribution in [0.2, 0.25) is 0 Å². The van der Waals surface area contributed by atoms with Crippen LogP contribution in [-0.2, 0) is 11.2 Å². The number of ether oxygens (including phenoxy) is 1. The van der Waals surface area contributed by atoms with Crippen molar-refractivity contribution in [2.75, 3.05) is 7.11 Å². The second kappa shape index (κ2) is 5.36. The minimum absolute atomic E-state index is 0.149. The molecule has 2 aromatic carbocycles. The first kappa shape index (κ1) is 12.2. The number of aldehydes is 1. The van der Waals surface area contributed by atoms with Gasteiger partial charge in [-0.2, -0.15) is 0 Å². The molecule has 92 valence electrons. The Kier molecular flexibility index (Phi) is 3.63. The summed E-state index contributed by atoms with van der Waals surface area (Å²) in [7, 11) is 1.52. The molecule has 3 nitrogen and oxygen atoms in total. The number of hydrogen-bond donors (Lipinski definition) is 1. The van der Waals surface area contributed by atoms with Gasteiger partial charge in [-0.1, -0.05) is 30.3 Å². The van der Waals surface area contributed by atoms with E-state index < -0.39 is 0 Å². The lowest BCUT2D eigenvalue weighted by Crippen LogP contribution is -1.90. The summed E-state index contributed by atoms with van der Waals surface area (Å²) < 4.78 is 5.16. The summed E-state index contributed by atoms with van der Waals surface area (Å²) in [6.45, 7) is 0. The lowest BCUT2D eigenvalue weighted by molar-refractivity contribution is -0.104. The fourth-order valence-corrected chi connectivity index (χ4v) is 1.98. The van der Waals surface area contributed by atoms with Gasteiger partial charge in [0.05, 0.1) is 7.11 Å². The number of methoxy groups -OCH3 is 1. The van der Waals surface area contributed by atoms with Crippen molar-refractivity contribution >= 4 is 17.1 Å². The van der Waals surface area contributed by atoms with Crippen LogP contribution in [0.1, 0.15) is 5.56 Å². The number of phenolic OH excluding ortho intramolecular Hbond substituents is 1. The number of fused-ring (bicyclic) bond motifs is 1. The smallest absolute Gasteiger partial charge is 0.165 e. The molecule has 0 aliphatic rings. The van der Waals surface area contributed by atoms with Crippen LogP contribution < -0.4 is 4.74 Å². The van der Waals surface area contributed by atoms with E-state index in [4.69, 9.17) is 4.74 Å². The maximum atomic E-state index is 10.3. The molecule has 0 atom stereocenters. The topological polar surface area (TPSA) is 46.5 Å². The Bertz CT molecular complexity index is 600. The number of aromatic hydroxyl groups is 1. The number of allylic oxidation sites excluding steroid dienone is 2. The highest BCUT2D eigenvalue weighted by Crippen LogP contribution is 2.36. The van der Waals surface area contributed by atoms with Gasteiger partial charge in [-0.25, -0.2) is 0 Å². The van der Waals surface area contributed by atoms with E-state index in [-0.39, 0.29) is 5.75 Å². The van der Waals surface area contributed by atoms with Gasteiger partial charge in [-0.3, -0.25) is 4.79 Å². The lowest BCUT2D eigenvalue weighted by atomic mass is 10.0. The molecule has 0 spiro atoms. The second-order valence-electron chi connectivity index (χ2n) is 3.90. The average Bonchev–Trinajstić information content (AvgIpc) is 2.42. The normalized spacial score (nSPS) is 10.9. The van der Waals surface area contributed by atoms with Gasteiger partial charge in [0.25, 0.3) is 0 Å². The van der Waals surface area contributed by atoms with Crippen molar-refractivity contribution in [1.82, 2.24) is 0 Å². The summed E-state index contributed by atoms with van der Waals surface area (Å²) in [5.41, 5.74) is 1.01. The van der Waals surface area contributed by atoms with Crippen molar-refractivity contribution in [1.29, 1.82) is 0 Å². The van der Waals surface area contributed by atoms with Crippen LogP contribution >= 0.6 is 0 Å². The van der Waals surface area contributed by atoms with E-state index in [1.54, 1.807) is 12.1 Å². The Morgan fingerprint density at radius 1 is 1.28 bits per heavy atom. The standard InChI is InChI=1S/C15H14O3/c1-18-14-10-11(6-4-5-9-16)12-7-2-3-8-13(12)15(14)17/h2-5,7-10,17H,6H2,1H3/b5-4+. The quantitative estimate of drug-likeness (QED) is 0.662. The Labute approximate surface area is 105 Å². The van der Waals surface area contributed by atoms with Gasteiger partial charge in [0.15, 0.2) is 11.5 Å². The summed E-state index contributed by atoms with van der Waals surface area (Å²) in [6.07, 6.45) is 4.62. The molecule has 0 saturated heterocycles. The van der Waals surface area contributed by atoms with Gasteiger partial charge in [-0.15, -0.1) is 0 Å². The van der Waals surface area contributed by atoms with Gasteiger partial charge in [-0.05, 0) is 29.5 Å². The van der Waals surface area contributed by atoms with Gasteiger partial charge < -0.3 is 9.84 Å². The first-order valence-corrected chi connectivity index (χ1v) is 5.65. The van der Waals surface area contributed by atoms with Gasteiger partial charge in [0.2, 0.25) is 0 Å². The van der Waals surface area contributed by atoms with Crippen LogP contribution in [0.25, 0.3) is 10.8 Å². The van der Waals surface area contributed by atoms with E-state index >= 15 is 0 Å². The average molecular weight is 242 g/mol. The predicted octanol–water partition coefficient (Wildman–Crippen LogP) is 2.85. The van der Waals surface area contributed by atoms with Crippen molar-refractivity contribution in [3.05, 3.63) is 48.0 Å². The zero-order valence-corrected chi connectivity index (χ0v) is 10.1. The minimum atomic E-state index is 0.149. The zero-order chi connectivity index (χ0) is 13.0. The van der Waals surface area contributed by atoms with Crippen LogP contribution in [0, 0.1) is 0 Å². The van der Waals surface area contributed by atoms with Crippen molar-refractivity contribution in [2.24, 2.45) is 0 Å². The highest BCUT2D eigenvalue weighted by atomic mass is 16.5. The first-order valence-electron chi connectivity index (χ1n) is 5.65. The number of carbonyl (C=O) groups excluding carboxylic acids is 1. The van der Waals surface area contributed by atoms with E-state index in [1.807, 2.05) is 24.3 Å². The van der Waals surface area contributed by atoms with Crippen LogP contribution in [0.3, 0.4) is 0 Å². The Morgan fingerprint density at radius 2 is 2.00 bits per heavy atom. The van der Waals surface area contributed by atoms with Crippen molar-refractivity contribution in [3.8, 4) is 11.5 Å². The van der Waals surface area contributed by atoms with Crippen molar-refractivity contribution in [2.45, 2.75) is 6.42 Å². The highest BCUT2D eigenvalue weighted by molar-refractivity contribution is 5.93. The van der Waals surface area contributed by atoms with Crippen LogP contribution in [0.4, 0.5) is 0 Å². The third kappa shape index (κ3) is 2.20. The monoisotopic (exact) mass is 242 g/mol. The SMILES string of the molecule is COc1cc(C/C=C/C=O)c2ccccc2c1O. The molecule has 0 aliphatic heterocycles. The van der Waals surface area contributed by atoms with Gasteiger partial charge >= 0.3 is 0 Å². The van der Waals surface area contributed by atoms with Crippen molar-refractivity contribution < 1.29 is 14.6 Å². The molecule has 0 aromatic heterocycles. The van der Waals surface area contributed by atoms with E-state index in [2.05, 4.69) is 0 Å². The summed E-state index contributed by atoms with van der Waals surface area (Å²) >= 11 is 0. The predicted molar refractivity (Wildman–Crippen MR) is 71.1 cm³/mol. The number of phenols is 1. The summed E-state index contributed by atoms with van der Waals surface area (Å²) in [6, 6.07) is 9.37. The number of rotatable bonds is 4. The third-order valence-corrected chi connectivity index (χ3v) is 2.84. The fraction of sp³-hybridized carbons (Fsp3) is 0.133. The lowest BCUT2D eigenvalue weighted by Gasteiger charge is -2.11. The molecule has 2 aromatic rings.